The molecule has 0 atom stereocenters. The van der Waals surface area contributed by atoms with Crippen molar-refractivity contribution in [1.29, 1.82) is 0 Å². The highest BCUT2D eigenvalue weighted by molar-refractivity contribution is 5.91. The maximum atomic E-state index is 11.5. The number of carbonyl (C=O) groups is 4. The first-order valence-electron chi connectivity index (χ1n) is 7.30. The van der Waals surface area contributed by atoms with E-state index in [1.807, 2.05) is 6.07 Å². The lowest BCUT2D eigenvalue weighted by Gasteiger charge is -2.04. The van der Waals surface area contributed by atoms with Crippen LogP contribution in [0.2, 0.25) is 0 Å². The molecule has 0 radical (unpaired) electrons. The van der Waals surface area contributed by atoms with Crippen LogP contribution < -0.4 is 0 Å². The molecule has 24 heavy (non-hydrogen) atoms. The van der Waals surface area contributed by atoms with Crippen molar-refractivity contribution in [1.82, 2.24) is 0 Å². The van der Waals surface area contributed by atoms with Gasteiger partial charge in [-0.15, -0.1) is 0 Å². The molecular formula is C17H18O7. The van der Waals surface area contributed by atoms with Crippen molar-refractivity contribution in [3.05, 3.63) is 48.0 Å². The summed E-state index contributed by atoms with van der Waals surface area (Å²) in [6.07, 6.45) is 1.53. The molecule has 0 saturated heterocycles. The van der Waals surface area contributed by atoms with Crippen molar-refractivity contribution in [2.24, 2.45) is 0 Å². The van der Waals surface area contributed by atoms with Gasteiger partial charge in [0.05, 0.1) is 19.4 Å². The molecule has 0 aliphatic heterocycles. The zero-order valence-corrected chi connectivity index (χ0v) is 13.2. The van der Waals surface area contributed by atoms with Gasteiger partial charge in [0.2, 0.25) is 0 Å². The quantitative estimate of drug-likeness (QED) is 0.306. The van der Waals surface area contributed by atoms with Crippen LogP contribution in [0.15, 0.2) is 42.5 Å². The van der Waals surface area contributed by atoms with E-state index in [4.69, 9.17) is 4.74 Å². The van der Waals surface area contributed by atoms with Crippen LogP contribution in [0.4, 0.5) is 0 Å². The molecular weight excluding hydrogens is 316 g/mol. The number of hydrogen-bond donors (Lipinski definition) is 0. The van der Waals surface area contributed by atoms with Gasteiger partial charge in [-0.25, -0.2) is 9.59 Å². The van der Waals surface area contributed by atoms with Gasteiger partial charge in [0, 0.05) is 12.2 Å². The fourth-order valence-electron chi connectivity index (χ4n) is 1.59. The lowest BCUT2D eigenvalue weighted by atomic mass is 10.2. The molecule has 0 aliphatic rings. The molecule has 0 unspecified atom stereocenters. The van der Waals surface area contributed by atoms with Crippen molar-refractivity contribution >= 4 is 23.9 Å². The molecule has 7 nitrogen and oxygen atoms in total. The molecule has 0 N–H and O–H groups in total. The highest BCUT2D eigenvalue weighted by Crippen LogP contribution is 2.01. The highest BCUT2D eigenvalue weighted by Gasteiger charge is 2.12. The number of rotatable bonds is 8. The third kappa shape index (κ3) is 8.47. The second-order valence-corrected chi connectivity index (χ2v) is 4.51. The number of hydrogen-bond acceptors (Lipinski definition) is 7. The summed E-state index contributed by atoms with van der Waals surface area (Å²) in [4.78, 5) is 45.2. The minimum atomic E-state index is -0.800. The Balaban J connectivity index is 2.22. The molecule has 0 aliphatic carbocycles. The van der Waals surface area contributed by atoms with E-state index >= 15 is 0 Å². The summed E-state index contributed by atoms with van der Waals surface area (Å²) >= 11 is 0. The third-order valence-electron chi connectivity index (χ3n) is 2.61. The van der Waals surface area contributed by atoms with Crippen molar-refractivity contribution in [2.45, 2.75) is 19.8 Å². The number of carbonyl (C=O) groups excluding carboxylic acids is 4. The Hall–Kier alpha value is -2.96. The Kier molecular flexibility index (Phi) is 8.52. The van der Waals surface area contributed by atoms with Crippen LogP contribution in [0.5, 0.6) is 0 Å². The Bertz CT molecular complexity index is 605. The van der Waals surface area contributed by atoms with Gasteiger partial charge in [-0.3, -0.25) is 9.59 Å². The molecule has 1 rings (SSSR count). The van der Waals surface area contributed by atoms with E-state index in [-0.39, 0.29) is 26.1 Å². The third-order valence-corrected chi connectivity index (χ3v) is 2.61. The second-order valence-electron chi connectivity index (χ2n) is 4.51. The first-order chi connectivity index (χ1) is 11.5. The molecule has 0 fully saturated rings. The minimum absolute atomic E-state index is 0.0192. The van der Waals surface area contributed by atoms with E-state index in [2.05, 4.69) is 9.47 Å². The predicted molar refractivity (Wildman–Crippen MR) is 82.6 cm³/mol. The first kappa shape index (κ1) is 19.1. The van der Waals surface area contributed by atoms with Crippen molar-refractivity contribution in [3.63, 3.8) is 0 Å². The van der Waals surface area contributed by atoms with Gasteiger partial charge in [0.25, 0.3) is 0 Å². The average molecular weight is 334 g/mol. The normalized spacial score (nSPS) is 10.2. The van der Waals surface area contributed by atoms with Gasteiger partial charge in [0.1, 0.15) is 6.61 Å². The zero-order chi connectivity index (χ0) is 17.8. The lowest BCUT2D eigenvalue weighted by molar-refractivity contribution is -0.160. The van der Waals surface area contributed by atoms with Crippen LogP contribution in [0, 0.1) is 0 Å². The number of esters is 4. The van der Waals surface area contributed by atoms with E-state index in [1.54, 1.807) is 31.2 Å². The van der Waals surface area contributed by atoms with Crippen LogP contribution >= 0.6 is 0 Å². The van der Waals surface area contributed by atoms with Crippen LogP contribution in [0.1, 0.15) is 18.9 Å². The van der Waals surface area contributed by atoms with E-state index in [1.165, 1.54) is 0 Å². The van der Waals surface area contributed by atoms with E-state index < -0.39 is 23.9 Å². The monoisotopic (exact) mass is 334 g/mol. The predicted octanol–water partition coefficient (Wildman–Crippen LogP) is 1.35. The van der Waals surface area contributed by atoms with Gasteiger partial charge in [0.15, 0.2) is 0 Å². The average Bonchev–Trinajstić information content (AvgIpc) is 2.54. The topological polar surface area (TPSA) is 96.0 Å². The Labute approximate surface area is 139 Å². The lowest BCUT2D eigenvalue weighted by Crippen LogP contribution is -2.16. The molecule has 0 bridgehead atoms. The fourth-order valence-corrected chi connectivity index (χ4v) is 1.59. The highest BCUT2D eigenvalue weighted by atomic mass is 16.6. The van der Waals surface area contributed by atoms with Gasteiger partial charge in [-0.1, -0.05) is 30.3 Å². The summed E-state index contributed by atoms with van der Waals surface area (Å²) in [6.45, 7) is 1.57. The summed E-state index contributed by atoms with van der Waals surface area (Å²) in [6, 6.07) is 8.83. The van der Waals surface area contributed by atoms with Crippen LogP contribution in [-0.4, -0.2) is 37.1 Å². The summed E-state index contributed by atoms with van der Waals surface area (Å²) < 4.78 is 13.9. The van der Waals surface area contributed by atoms with Crippen molar-refractivity contribution < 1.29 is 33.4 Å². The smallest absolute Gasteiger partial charge is 0.331 e. The van der Waals surface area contributed by atoms with Gasteiger partial charge in [-0.2, -0.15) is 0 Å². The zero-order valence-electron chi connectivity index (χ0n) is 13.2. The molecule has 0 saturated carbocycles. The van der Waals surface area contributed by atoms with Crippen molar-refractivity contribution in [3.8, 4) is 0 Å². The molecule has 1 aromatic carbocycles. The van der Waals surface area contributed by atoms with Gasteiger partial charge in [-0.05, 0) is 12.5 Å². The minimum Gasteiger partial charge on any atom is -0.463 e. The first-order valence-corrected chi connectivity index (χ1v) is 7.30. The maximum Gasteiger partial charge on any atom is 0.331 e. The van der Waals surface area contributed by atoms with Crippen LogP contribution in [0.25, 0.3) is 0 Å². The molecule has 0 spiro atoms. The maximum absolute atomic E-state index is 11.5. The van der Waals surface area contributed by atoms with E-state index in [0.29, 0.717) is 0 Å². The number of ether oxygens (including phenoxy) is 3. The largest absolute Gasteiger partial charge is 0.463 e. The van der Waals surface area contributed by atoms with Gasteiger partial charge >= 0.3 is 23.9 Å². The van der Waals surface area contributed by atoms with Crippen molar-refractivity contribution in [2.75, 3.05) is 13.2 Å². The molecule has 7 heteroatoms. The van der Waals surface area contributed by atoms with Crippen LogP contribution in [0.3, 0.4) is 0 Å². The van der Waals surface area contributed by atoms with Crippen LogP contribution in [-0.2, 0) is 39.8 Å². The molecule has 0 amide bonds. The fraction of sp³-hybridized carbons (Fsp3) is 0.294. The molecule has 0 heterocycles. The Morgan fingerprint density at radius 1 is 0.917 bits per heavy atom. The van der Waals surface area contributed by atoms with E-state index in [0.717, 1.165) is 17.7 Å². The molecule has 1 aromatic rings. The van der Waals surface area contributed by atoms with E-state index in [9.17, 15) is 19.2 Å². The number of benzene rings is 1. The SMILES string of the molecule is CCOC(=O)C=CC(=O)OCCC(=O)OC(=O)Cc1ccccc1. The second kappa shape index (κ2) is 10.7. The summed E-state index contributed by atoms with van der Waals surface area (Å²) in [5.74, 6) is -2.94. The molecule has 128 valence electrons. The molecule has 0 aromatic heterocycles. The Morgan fingerprint density at radius 3 is 2.17 bits per heavy atom. The van der Waals surface area contributed by atoms with Gasteiger partial charge < -0.3 is 14.2 Å². The summed E-state index contributed by atoms with van der Waals surface area (Å²) in [5.41, 5.74) is 0.728. The summed E-state index contributed by atoms with van der Waals surface area (Å²) in [7, 11) is 0. The Morgan fingerprint density at radius 2 is 1.54 bits per heavy atom. The standard InChI is InChI=1S/C17H18O7/c1-2-22-14(18)8-9-15(19)23-11-10-16(20)24-17(21)12-13-6-4-3-5-7-13/h3-9H,2,10-12H2,1H3. The summed E-state index contributed by atoms with van der Waals surface area (Å²) in [5, 5.41) is 0.